The van der Waals surface area contributed by atoms with Gasteiger partial charge < -0.3 is 24.8 Å². The first-order valence-electron chi connectivity index (χ1n) is 22.3. The normalized spacial score (nSPS) is 14.7. The van der Waals surface area contributed by atoms with Crippen LogP contribution in [0.3, 0.4) is 0 Å². The molecule has 0 nitrogen and oxygen atoms in total. The van der Waals surface area contributed by atoms with Crippen LogP contribution in [-0.2, 0) is 36.2 Å². The maximum absolute atomic E-state index is 2.45. The molecule has 58 heavy (non-hydrogen) atoms. The molecule has 0 aliphatic heterocycles. The minimum absolute atomic E-state index is 0. The van der Waals surface area contributed by atoms with Gasteiger partial charge in [-0.2, -0.15) is 12.1 Å². The molecule has 4 heteroatoms. The third kappa shape index (κ3) is 13.6. The first-order chi connectivity index (χ1) is 27.2. The van der Waals surface area contributed by atoms with Gasteiger partial charge >= 0.3 is 54.7 Å². The maximum Gasteiger partial charge on any atom is -1.00 e. The van der Waals surface area contributed by atoms with Crippen molar-refractivity contribution in [3.8, 4) is 22.3 Å². The molecule has 0 atom stereocenters. The van der Waals surface area contributed by atoms with Crippen LogP contribution in [0, 0.1) is 11.8 Å². The van der Waals surface area contributed by atoms with E-state index in [1.807, 2.05) is 0 Å². The zero-order chi connectivity index (χ0) is 39.4. The number of fused-ring (bicyclic) bond motifs is 2. The molecule has 0 N–H and O–H groups in total. The molecule has 2 fully saturated rings. The fourth-order valence-corrected chi connectivity index (χ4v) is 11.8. The second kappa shape index (κ2) is 24.3. The van der Waals surface area contributed by atoms with E-state index in [4.69, 9.17) is 0 Å². The first kappa shape index (κ1) is 48.4. The molecular formula is C54H68Cl2SiZr-2. The number of halogens is 2. The number of hydrogen-bond acceptors (Lipinski definition) is 0. The summed E-state index contributed by atoms with van der Waals surface area (Å²) in [6.45, 7) is 13.7. The van der Waals surface area contributed by atoms with Crippen LogP contribution < -0.4 is 24.8 Å². The van der Waals surface area contributed by atoms with Crippen molar-refractivity contribution in [2.75, 3.05) is 0 Å². The Labute approximate surface area is 380 Å². The average molecular weight is 907 g/mol. The largest absolute Gasteiger partial charge is 1.00 e. The van der Waals surface area contributed by atoms with Crippen molar-refractivity contribution in [2.45, 2.75) is 143 Å². The molecule has 2 saturated carbocycles. The number of rotatable bonds is 10. The zero-order valence-corrected chi connectivity index (χ0v) is 41.3. The van der Waals surface area contributed by atoms with Gasteiger partial charge in [-0.05, 0) is 58.8 Å². The van der Waals surface area contributed by atoms with Crippen molar-refractivity contribution < 1.29 is 48.1 Å². The summed E-state index contributed by atoms with van der Waals surface area (Å²) < 4.78 is 0. The van der Waals surface area contributed by atoms with Crippen LogP contribution in [-0.4, -0.2) is 5.43 Å². The summed E-state index contributed by atoms with van der Waals surface area (Å²) in [6, 6.07) is 43.1. The molecule has 2 aliphatic rings. The number of benzene rings is 4. The Balaban J connectivity index is 0.000000219. The van der Waals surface area contributed by atoms with Gasteiger partial charge in [0.1, 0.15) is 0 Å². The molecule has 0 saturated heterocycles. The van der Waals surface area contributed by atoms with Crippen LogP contribution in [0.25, 0.3) is 43.8 Å². The van der Waals surface area contributed by atoms with E-state index >= 15 is 0 Å². The molecule has 0 heterocycles. The third-order valence-electron chi connectivity index (χ3n) is 12.5. The van der Waals surface area contributed by atoms with Gasteiger partial charge in [-0.3, -0.25) is 0 Å². The predicted molar refractivity (Wildman–Crippen MR) is 245 cm³/mol. The van der Waals surface area contributed by atoms with E-state index in [1.54, 1.807) is 23.3 Å². The summed E-state index contributed by atoms with van der Waals surface area (Å²) >= 11 is 1.79. The van der Waals surface area contributed by atoms with E-state index in [1.165, 1.54) is 156 Å². The van der Waals surface area contributed by atoms with E-state index in [0.29, 0.717) is 11.8 Å². The summed E-state index contributed by atoms with van der Waals surface area (Å²) in [4.78, 5) is 0. The maximum atomic E-state index is 2.45. The van der Waals surface area contributed by atoms with Gasteiger partial charge in [-0.25, -0.2) is 0 Å². The van der Waals surface area contributed by atoms with Gasteiger partial charge in [-0.1, -0.05) is 164 Å². The summed E-state index contributed by atoms with van der Waals surface area (Å²) in [5.74, 6) is 2.98. The Hall–Kier alpha value is -2.22. The van der Waals surface area contributed by atoms with Crippen molar-refractivity contribution in [3.05, 3.63) is 131 Å². The topological polar surface area (TPSA) is 0 Å². The van der Waals surface area contributed by atoms with Gasteiger partial charge in [0, 0.05) is 0 Å². The fraction of sp³-hybridized carbons (Fsp3) is 0.444. The van der Waals surface area contributed by atoms with Gasteiger partial charge in [0.2, 0.25) is 0 Å². The minimum atomic E-state index is 0. The van der Waals surface area contributed by atoms with Crippen molar-refractivity contribution in [1.82, 2.24) is 0 Å². The monoisotopic (exact) mass is 904 g/mol. The van der Waals surface area contributed by atoms with Crippen LogP contribution in [0.2, 0.25) is 12.6 Å². The molecule has 0 bridgehead atoms. The second-order valence-electron chi connectivity index (χ2n) is 17.8. The van der Waals surface area contributed by atoms with E-state index in [0.717, 1.165) is 11.8 Å². The number of hydrogen-bond donors (Lipinski definition) is 0. The molecule has 308 valence electrons. The molecule has 0 unspecified atom stereocenters. The molecular weight excluding hydrogens is 839 g/mol. The predicted octanol–water partition coefficient (Wildman–Crippen LogP) is 10.5. The van der Waals surface area contributed by atoms with E-state index < -0.39 is 0 Å². The molecule has 6 aromatic carbocycles. The van der Waals surface area contributed by atoms with Gasteiger partial charge in [0.05, 0.1) is 0 Å². The Kier molecular flexibility index (Phi) is 20.3. The van der Waals surface area contributed by atoms with Crippen LogP contribution in [0.4, 0.5) is 0 Å². The Morgan fingerprint density at radius 2 is 0.948 bits per heavy atom. The molecule has 8 rings (SSSR count). The van der Waals surface area contributed by atoms with Crippen molar-refractivity contribution in [3.63, 3.8) is 0 Å². The van der Waals surface area contributed by atoms with E-state index in [9.17, 15) is 0 Å². The van der Waals surface area contributed by atoms with Crippen LogP contribution in [0.1, 0.15) is 139 Å². The van der Waals surface area contributed by atoms with Crippen molar-refractivity contribution in [2.24, 2.45) is 11.8 Å². The Morgan fingerprint density at radius 1 is 0.569 bits per heavy atom. The van der Waals surface area contributed by atoms with Gasteiger partial charge in [0.15, 0.2) is 0 Å². The van der Waals surface area contributed by atoms with Crippen LogP contribution in [0.5, 0.6) is 0 Å². The SMILES string of the molecule is CC(C)c1ccc(-c2cccc3[cH-]c(CC4CCCCC4)cc23)cc1.CC(C)c1ccc(-c2cccc3[cH-]c(CC4CCCCC4)cc23)cc1.CCC[Si](C)=[Zr+2].[Cl-].[Cl-]. The molecule has 0 aromatic heterocycles. The van der Waals surface area contributed by atoms with Crippen molar-refractivity contribution >= 4 is 27.0 Å². The fourth-order valence-electron chi connectivity index (χ4n) is 9.25. The standard InChI is InChI=1S/2C25H29.C4H10Si.2ClH.Zr/c2*1-18(2)21-11-13-22(14-12-21)24-10-6-9-23-16-20(17-25(23)24)15-19-7-4-3-5-8-19;1-3-4-5-2;;;/h2*6,9-14,16-19H,3-5,7-8,15H2,1-2H3;3-4H2,1-2H3;2*1H;/q2*-1;;;;+2/p-2. The average Bonchev–Trinajstić information content (AvgIpc) is 3.82. The van der Waals surface area contributed by atoms with E-state index in [-0.39, 0.29) is 30.2 Å². The first-order valence-corrected chi connectivity index (χ1v) is 28.2. The van der Waals surface area contributed by atoms with Gasteiger partial charge in [0.25, 0.3) is 0 Å². The summed E-state index contributed by atoms with van der Waals surface area (Å²) in [5.41, 5.74) is 11.5. The third-order valence-corrected chi connectivity index (χ3v) is 15.6. The Morgan fingerprint density at radius 3 is 1.26 bits per heavy atom. The quantitative estimate of drug-likeness (QED) is 0.0949. The van der Waals surface area contributed by atoms with Crippen molar-refractivity contribution in [1.29, 1.82) is 0 Å². The smallest absolute Gasteiger partial charge is 1.00 e. The van der Waals surface area contributed by atoms with Crippen LogP contribution >= 0.6 is 0 Å². The minimum Gasteiger partial charge on any atom is -1.00 e. The summed E-state index contributed by atoms with van der Waals surface area (Å²) in [5, 5.41) is 5.64. The van der Waals surface area contributed by atoms with E-state index in [2.05, 4.69) is 150 Å². The zero-order valence-electron chi connectivity index (χ0n) is 36.4. The van der Waals surface area contributed by atoms with Gasteiger partial charge in [-0.15, -0.1) is 69.1 Å². The molecule has 0 spiro atoms. The summed E-state index contributed by atoms with van der Waals surface area (Å²) in [6.07, 6.45) is 18.2. The Bertz CT molecular complexity index is 1960. The molecule has 0 radical (unpaired) electrons. The summed E-state index contributed by atoms with van der Waals surface area (Å²) in [7, 11) is 0. The molecule has 2 aliphatic carbocycles. The second-order valence-corrected chi connectivity index (χ2v) is 26.2. The molecule has 0 amide bonds. The van der Waals surface area contributed by atoms with Crippen LogP contribution in [0.15, 0.2) is 109 Å². The molecule has 6 aromatic rings.